The van der Waals surface area contributed by atoms with Gasteiger partial charge in [-0.3, -0.25) is 4.79 Å². The van der Waals surface area contributed by atoms with Crippen molar-refractivity contribution in [1.29, 1.82) is 0 Å². The van der Waals surface area contributed by atoms with Crippen molar-refractivity contribution in [2.75, 3.05) is 0 Å². The fourth-order valence-electron chi connectivity index (χ4n) is 1.53. The van der Waals surface area contributed by atoms with E-state index in [1.165, 1.54) is 12.7 Å². The molecular formula is C10H11F3N2O3. The second kappa shape index (κ2) is 5.65. The number of aliphatic carboxylic acids is 1. The van der Waals surface area contributed by atoms with Gasteiger partial charge in [0.05, 0.1) is 12.0 Å². The van der Waals surface area contributed by atoms with Crippen LogP contribution in [0, 0.1) is 0 Å². The molecule has 18 heavy (non-hydrogen) atoms. The number of halogens is 3. The Hall–Kier alpha value is -1.86. The van der Waals surface area contributed by atoms with Gasteiger partial charge in [0, 0.05) is 5.56 Å². The van der Waals surface area contributed by atoms with E-state index < -0.39 is 12.1 Å². The molecule has 0 atom stereocenters. The highest BCUT2D eigenvalue weighted by Gasteiger charge is 2.38. The molecule has 0 unspecified atom stereocenters. The Bertz CT molecular complexity index is 482. The van der Waals surface area contributed by atoms with Gasteiger partial charge in [-0.05, 0) is 25.7 Å². The Morgan fingerprint density at radius 1 is 1.33 bits per heavy atom. The van der Waals surface area contributed by atoms with E-state index in [9.17, 15) is 18.0 Å². The van der Waals surface area contributed by atoms with Crippen LogP contribution in [-0.4, -0.2) is 27.2 Å². The molecule has 0 aliphatic heterocycles. The van der Waals surface area contributed by atoms with E-state index in [1.54, 1.807) is 0 Å². The predicted octanol–water partition coefficient (Wildman–Crippen LogP) is 1.28. The summed E-state index contributed by atoms with van der Waals surface area (Å²) in [7, 11) is 0. The lowest BCUT2D eigenvalue weighted by Crippen LogP contribution is -2.21. The quantitative estimate of drug-likeness (QED) is 0.739. The second-order valence-electron chi connectivity index (χ2n) is 3.67. The summed E-state index contributed by atoms with van der Waals surface area (Å²) in [6.45, 7) is 0. The van der Waals surface area contributed by atoms with E-state index in [2.05, 4.69) is 9.97 Å². The number of nitrogens with zero attached hydrogens (tertiary/aromatic N) is 1. The lowest BCUT2D eigenvalue weighted by molar-refractivity contribution is -0.192. The van der Waals surface area contributed by atoms with Crippen LogP contribution in [0.3, 0.4) is 0 Å². The van der Waals surface area contributed by atoms with Gasteiger partial charge in [0.25, 0.3) is 5.56 Å². The van der Waals surface area contributed by atoms with Crippen molar-refractivity contribution in [3.05, 3.63) is 27.9 Å². The number of carboxylic acids is 1. The summed E-state index contributed by atoms with van der Waals surface area (Å²) in [6, 6.07) is 0. The number of fused-ring (bicyclic) bond motifs is 1. The molecule has 100 valence electrons. The van der Waals surface area contributed by atoms with E-state index in [1.807, 2.05) is 0 Å². The molecule has 2 N–H and O–H groups in total. The molecule has 0 bridgehead atoms. The zero-order chi connectivity index (χ0) is 13.8. The molecule has 0 radical (unpaired) electrons. The third-order valence-corrected chi connectivity index (χ3v) is 2.37. The minimum Gasteiger partial charge on any atom is -0.475 e. The SMILES string of the molecule is O=C(O)C(F)(F)F.O=c1[nH]cnc2c1CCCC2. The van der Waals surface area contributed by atoms with Crippen molar-refractivity contribution in [2.45, 2.75) is 31.9 Å². The van der Waals surface area contributed by atoms with Crippen molar-refractivity contribution in [2.24, 2.45) is 0 Å². The van der Waals surface area contributed by atoms with Crippen LogP contribution < -0.4 is 5.56 Å². The van der Waals surface area contributed by atoms with Gasteiger partial charge in [0.1, 0.15) is 0 Å². The fourth-order valence-corrected chi connectivity index (χ4v) is 1.53. The third kappa shape index (κ3) is 3.86. The average Bonchev–Trinajstić information content (AvgIpc) is 2.29. The predicted molar refractivity (Wildman–Crippen MR) is 55.2 cm³/mol. The van der Waals surface area contributed by atoms with E-state index in [4.69, 9.17) is 9.90 Å². The van der Waals surface area contributed by atoms with E-state index in [-0.39, 0.29) is 5.56 Å². The highest BCUT2D eigenvalue weighted by Crippen LogP contribution is 2.14. The van der Waals surface area contributed by atoms with Crippen molar-refractivity contribution < 1.29 is 23.1 Å². The first-order valence-corrected chi connectivity index (χ1v) is 5.18. The summed E-state index contributed by atoms with van der Waals surface area (Å²) in [6.07, 6.45) is 0.579. The standard InChI is InChI=1S/C8H10N2O.C2HF3O2/c11-8-6-3-1-2-4-7(6)9-5-10-8;3-2(4,5)1(6)7/h5H,1-4H2,(H,9,10,11);(H,6,7). The lowest BCUT2D eigenvalue weighted by Gasteiger charge is -2.11. The minimum absolute atomic E-state index is 0.0506. The van der Waals surface area contributed by atoms with Gasteiger partial charge < -0.3 is 10.1 Å². The van der Waals surface area contributed by atoms with Crippen molar-refractivity contribution in [3.8, 4) is 0 Å². The summed E-state index contributed by atoms with van der Waals surface area (Å²) >= 11 is 0. The van der Waals surface area contributed by atoms with E-state index >= 15 is 0 Å². The Kier molecular flexibility index (Phi) is 4.46. The average molecular weight is 264 g/mol. The first-order valence-electron chi connectivity index (χ1n) is 5.18. The van der Waals surface area contributed by atoms with Crippen LogP contribution in [0.1, 0.15) is 24.1 Å². The maximum absolute atomic E-state index is 11.2. The number of carboxylic acid groups (broad SMARTS) is 1. The molecular weight excluding hydrogens is 253 g/mol. The largest absolute Gasteiger partial charge is 0.490 e. The third-order valence-electron chi connectivity index (χ3n) is 2.37. The van der Waals surface area contributed by atoms with Crippen LogP contribution in [0.5, 0.6) is 0 Å². The van der Waals surface area contributed by atoms with Crippen LogP contribution in [0.15, 0.2) is 11.1 Å². The van der Waals surface area contributed by atoms with Gasteiger partial charge in [-0.2, -0.15) is 13.2 Å². The molecule has 0 spiro atoms. The molecule has 0 saturated heterocycles. The van der Waals surface area contributed by atoms with Crippen LogP contribution in [0.2, 0.25) is 0 Å². The monoisotopic (exact) mass is 264 g/mol. The molecule has 8 heteroatoms. The molecule has 1 aliphatic rings. The summed E-state index contributed by atoms with van der Waals surface area (Å²) in [4.78, 5) is 26.8. The molecule has 0 aromatic carbocycles. The highest BCUT2D eigenvalue weighted by atomic mass is 19.4. The molecule has 2 rings (SSSR count). The number of rotatable bonds is 0. The number of carbonyl (C=O) groups is 1. The van der Waals surface area contributed by atoms with Crippen molar-refractivity contribution in [3.63, 3.8) is 0 Å². The topological polar surface area (TPSA) is 83.0 Å². The Morgan fingerprint density at radius 2 is 1.89 bits per heavy atom. The van der Waals surface area contributed by atoms with Gasteiger partial charge in [-0.25, -0.2) is 9.78 Å². The molecule has 0 fully saturated rings. The number of hydrogen-bond donors (Lipinski definition) is 2. The first-order chi connectivity index (χ1) is 8.32. The molecule has 0 amide bonds. The second-order valence-corrected chi connectivity index (χ2v) is 3.67. The lowest BCUT2D eigenvalue weighted by atomic mass is 9.97. The Balaban J connectivity index is 0.000000203. The Labute approximate surface area is 99.7 Å². The number of nitrogens with one attached hydrogen (secondary N) is 1. The summed E-state index contributed by atoms with van der Waals surface area (Å²) in [5.41, 5.74) is 1.95. The zero-order valence-electron chi connectivity index (χ0n) is 9.25. The first kappa shape index (κ1) is 14.2. The maximum atomic E-state index is 11.2. The summed E-state index contributed by atoms with van der Waals surface area (Å²) < 4.78 is 31.7. The van der Waals surface area contributed by atoms with E-state index in [0.29, 0.717) is 0 Å². The van der Waals surface area contributed by atoms with Gasteiger partial charge in [0.2, 0.25) is 0 Å². The summed E-state index contributed by atoms with van der Waals surface area (Å²) in [5.74, 6) is -2.76. The molecule has 0 saturated carbocycles. The van der Waals surface area contributed by atoms with Crippen molar-refractivity contribution >= 4 is 5.97 Å². The number of aromatic amines is 1. The number of H-pyrrole nitrogens is 1. The maximum Gasteiger partial charge on any atom is 0.490 e. The number of alkyl halides is 3. The zero-order valence-corrected chi connectivity index (χ0v) is 9.25. The molecule has 5 nitrogen and oxygen atoms in total. The Morgan fingerprint density at radius 3 is 2.39 bits per heavy atom. The van der Waals surface area contributed by atoms with Crippen LogP contribution >= 0.6 is 0 Å². The van der Waals surface area contributed by atoms with E-state index in [0.717, 1.165) is 30.5 Å². The van der Waals surface area contributed by atoms with Crippen molar-refractivity contribution in [1.82, 2.24) is 9.97 Å². The highest BCUT2D eigenvalue weighted by molar-refractivity contribution is 5.73. The normalized spacial score (nSPS) is 14.2. The van der Waals surface area contributed by atoms with Crippen LogP contribution in [-0.2, 0) is 17.6 Å². The van der Waals surface area contributed by atoms with Gasteiger partial charge >= 0.3 is 12.1 Å². The van der Waals surface area contributed by atoms with Crippen LogP contribution in [0.4, 0.5) is 13.2 Å². The minimum atomic E-state index is -5.08. The summed E-state index contributed by atoms with van der Waals surface area (Å²) in [5, 5.41) is 7.12. The molecule has 1 aliphatic carbocycles. The smallest absolute Gasteiger partial charge is 0.475 e. The number of hydrogen-bond acceptors (Lipinski definition) is 3. The van der Waals surface area contributed by atoms with Crippen LogP contribution in [0.25, 0.3) is 0 Å². The molecule has 1 aromatic rings. The van der Waals surface area contributed by atoms with Gasteiger partial charge in [-0.15, -0.1) is 0 Å². The number of aryl methyl sites for hydroxylation is 1. The number of aromatic nitrogens is 2. The fraction of sp³-hybridized carbons (Fsp3) is 0.500. The van der Waals surface area contributed by atoms with Gasteiger partial charge in [-0.1, -0.05) is 0 Å². The molecule has 1 aromatic heterocycles. The van der Waals surface area contributed by atoms with Gasteiger partial charge in [0.15, 0.2) is 0 Å². The molecule has 1 heterocycles.